The van der Waals surface area contributed by atoms with Crippen molar-refractivity contribution in [3.8, 4) is 11.9 Å². The Labute approximate surface area is 218 Å². The van der Waals surface area contributed by atoms with E-state index in [0.717, 1.165) is 55.8 Å². The zero-order chi connectivity index (χ0) is 25.9. The number of piperazine rings is 1. The number of amides is 1. The molecule has 1 amide bonds. The van der Waals surface area contributed by atoms with Gasteiger partial charge in [0.1, 0.15) is 18.2 Å². The maximum Gasteiger partial charge on any atom is 0.407 e. The number of hydrogen-bond acceptors (Lipinski definition) is 7. The lowest BCUT2D eigenvalue weighted by Gasteiger charge is -2.41. The summed E-state index contributed by atoms with van der Waals surface area (Å²) in [5, 5.41) is 19.9. The number of likely N-dealkylation sites (N-methyl/N-ethyl adjacent to an activating group) is 1. The van der Waals surface area contributed by atoms with Gasteiger partial charge in [0.2, 0.25) is 5.88 Å². The van der Waals surface area contributed by atoms with Crippen LogP contribution in [-0.4, -0.2) is 89.3 Å². The zero-order valence-corrected chi connectivity index (χ0v) is 21.8. The van der Waals surface area contributed by atoms with Crippen LogP contribution in [0.1, 0.15) is 42.1 Å². The van der Waals surface area contributed by atoms with E-state index in [9.17, 15) is 15.2 Å². The number of carboxylic acid groups (broad SMARTS) is 1. The molecule has 2 atom stereocenters. The Bertz CT molecular complexity index is 1170. The van der Waals surface area contributed by atoms with Gasteiger partial charge in [-0.1, -0.05) is 30.3 Å². The Balaban J connectivity index is 1.47. The van der Waals surface area contributed by atoms with Crippen molar-refractivity contribution in [2.45, 2.75) is 51.4 Å². The molecule has 1 N–H and O–H groups in total. The van der Waals surface area contributed by atoms with Gasteiger partial charge in [-0.3, -0.25) is 4.90 Å². The van der Waals surface area contributed by atoms with Crippen LogP contribution in [0.25, 0.3) is 0 Å². The smallest absolute Gasteiger partial charge is 0.407 e. The van der Waals surface area contributed by atoms with Crippen molar-refractivity contribution in [1.82, 2.24) is 19.7 Å². The highest BCUT2D eigenvalue weighted by molar-refractivity contribution is 5.71. The predicted octanol–water partition coefficient (Wildman–Crippen LogP) is 3.17. The molecule has 37 heavy (non-hydrogen) atoms. The van der Waals surface area contributed by atoms with Crippen molar-refractivity contribution in [2.75, 3.05) is 51.3 Å². The van der Waals surface area contributed by atoms with Gasteiger partial charge >= 0.3 is 6.09 Å². The van der Waals surface area contributed by atoms with E-state index in [0.29, 0.717) is 50.3 Å². The van der Waals surface area contributed by atoms with E-state index in [4.69, 9.17) is 9.72 Å². The first-order chi connectivity index (χ1) is 17.9. The van der Waals surface area contributed by atoms with Crippen LogP contribution in [0.5, 0.6) is 5.88 Å². The number of pyridine rings is 1. The summed E-state index contributed by atoms with van der Waals surface area (Å²) < 4.78 is 6.29. The van der Waals surface area contributed by atoms with Gasteiger partial charge in [-0.25, -0.2) is 9.78 Å². The normalized spacial score (nSPS) is 22.5. The number of nitriles is 1. The van der Waals surface area contributed by atoms with Crippen LogP contribution in [0, 0.1) is 11.3 Å². The van der Waals surface area contributed by atoms with Gasteiger partial charge in [0.25, 0.3) is 0 Å². The lowest BCUT2D eigenvalue weighted by molar-refractivity contribution is 0.122. The van der Waals surface area contributed by atoms with Gasteiger partial charge in [-0.2, -0.15) is 5.26 Å². The number of ether oxygens (including phenoxy) is 1. The average Bonchev–Trinajstić information content (AvgIpc) is 3.31. The molecular formula is C28H36N6O3. The van der Waals surface area contributed by atoms with Crippen LogP contribution in [0.15, 0.2) is 30.3 Å². The summed E-state index contributed by atoms with van der Waals surface area (Å²) in [5.41, 5.74) is 4.69. The molecule has 5 rings (SSSR count). The second-order valence-corrected chi connectivity index (χ2v) is 10.5. The third-order valence-electron chi connectivity index (χ3n) is 8.01. The molecule has 196 valence electrons. The highest BCUT2D eigenvalue weighted by Crippen LogP contribution is 2.37. The number of hydrogen-bond donors (Lipinski definition) is 1. The minimum Gasteiger partial charge on any atom is -0.475 e. The van der Waals surface area contributed by atoms with Crippen LogP contribution in [-0.2, 0) is 19.5 Å². The number of benzene rings is 1. The average molecular weight is 505 g/mol. The molecule has 4 heterocycles. The van der Waals surface area contributed by atoms with E-state index in [1.165, 1.54) is 10.5 Å². The molecular weight excluding hydrogens is 468 g/mol. The first kappa shape index (κ1) is 25.3. The number of nitrogens with zero attached hydrogens (tertiary/aromatic N) is 6. The molecule has 2 saturated heterocycles. The SMILES string of the molecule is C[C@H]1CN(c2c(C#N)c(OC[C@@H]3CCCN3C)nc3c2CCN(Cc2ccccc2)C3)CCN1C(=O)O. The van der Waals surface area contributed by atoms with Gasteiger partial charge in [0.15, 0.2) is 0 Å². The molecule has 9 nitrogen and oxygen atoms in total. The largest absolute Gasteiger partial charge is 0.475 e. The van der Waals surface area contributed by atoms with E-state index < -0.39 is 6.09 Å². The van der Waals surface area contributed by atoms with Crippen molar-refractivity contribution >= 4 is 11.8 Å². The molecule has 0 radical (unpaired) electrons. The monoisotopic (exact) mass is 504 g/mol. The maximum absolute atomic E-state index is 11.7. The van der Waals surface area contributed by atoms with Crippen LogP contribution in [0.3, 0.4) is 0 Å². The number of likely N-dealkylation sites (tertiary alicyclic amines) is 1. The Morgan fingerprint density at radius 3 is 2.70 bits per heavy atom. The summed E-state index contributed by atoms with van der Waals surface area (Å²) in [5.74, 6) is 0.409. The molecule has 1 aromatic heterocycles. The summed E-state index contributed by atoms with van der Waals surface area (Å²) in [6, 6.07) is 13.0. The second-order valence-electron chi connectivity index (χ2n) is 10.5. The van der Waals surface area contributed by atoms with Gasteiger partial charge in [-0.15, -0.1) is 0 Å². The third-order valence-corrected chi connectivity index (χ3v) is 8.01. The highest BCUT2D eigenvalue weighted by Gasteiger charge is 2.34. The van der Waals surface area contributed by atoms with Crippen molar-refractivity contribution < 1.29 is 14.6 Å². The molecule has 0 saturated carbocycles. The molecule has 2 aromatic rings. The van der Waals surface area contributed by atoms with E-state index in [1.807, 2.05) is 13.0 Å². The number of fused-ring (bicyclic) bond motifs is 1. The van der Waals surface area contributed by atoms with E-state index in [-0.39, 0.29) is 6.04 Å². The van der Waals surface area contributed by atoms with Crippen LogP contribution >= 0.6 is 0 Å². The van der Waals surface area contributed by atoms with Crippen molar-refractivity contribution in [2.24, 2.45) is 0 Å². The molecule has 0 bridgehead atoms. The Morgan fingerprint density at radius 2 is 2.03 bits per heavy atom. The molecule has 9 heteroatoms. The fraction of sp³-hybridized carbons (Fsp3) is 0.536. The Morgan fingerprint density at radius 1 is 1.22 bits per heavy atom. The first-order valence-electron chi connectivity index (χ1n) is 13.2. The standard InChI is InChI=1S/C28H36N6O3/c1-20-16-33(13-14-34(20)28(35)36)26-23-10-12-32(17-21-7-4-3-5-8-21)18-25(23)30-27(24(26)15-29)37-19-22-9-6-11-31(22)2/h3-5,7-8,20,22H,6,9-14,16-19H2,1-2H3,(H,35,36)/t20-,22-/m0/s1. The van der Waals surface area contributed by atoms with E-state index in [2.05, 4.69) is 52.1 Å². The van der Waals surface area contributed by atoms with Gasteiger partial charge in [0, 0.05) is 56.9 Å². The van der Waals surface area contributed by atoms with Crippen LogP contribution in [0.2, 0.25) is 0 Å². The zero-order valence-electron chi connectivity index (χ0n) is 21.8. The number of rotatable bonds is 6. The maximum atomic E-state index is 11.7. The Kier molecular flexibility index (Phi) is 7.49. The van der Waals surface area contributed by atoms with Gasteiger partial charge in [-0.05, 0) is 45.3 Å². The van der Waals surface area contributed by atoms with E-state index >= 15 is 0 Å². The summed E-state index contributed by atoms with van der Waals surface area (Å²) in [6.45, 7) is 7.38. The van der Waals surface area contributed by atoms with Crippen molar-refractivity contribution in [3.63, 3.8) is 0 Å². The minimum absolute atomic E-state index is 0.170. The highest BCUT2D eigenvalue weighted by atomic mass is 16.5. The lowest BCUT2D eigenvalue weighted by Crippen LogP contribution is -2.54. The number of anilines is 1. The number of carbonyl (C=O) groups is 1. The molecule has 1 aromatic carbocycles. The van der Waals surface area contributed by atoms with Gasteiger partial charge < -0.3 is 24.5 Å². The molecule has 0 aliphatic carbocycles. The summed E-state index contributed by atoms with van der Waals surface area (Å²) in [6.07, 6.45) is 2.12. The minimum atomic E-state index is -0.898. The molecule has 3 aliphatic rings. The second kappa shape index (κ2) is 11.0. The van der Waals surface area contributed by atoms with Crippen LogP contribution < -0.4 is 9.64 Å². The van der Waals surface area contributed by atoms with Crippen molar-refractivity contribution in [1.29, 1.82) is 5.26 Å². The van der Waals surface area contributed by atoms with E-state index in [1.54, 1.807) is 0 Å². The van der Waals surface area contributed by atoms with Gasteiger partial charge in [0.05, 0.1) is 11.4 Å². The first-order valence-corrected chi connectivity index (χ1v) is 13.2. The molecule has 3 aliphatic heterocycles. The predicted molar refractivity (Wildman–Crippen MR) is 141 cm³/mol. The van der Waals surface area contributed by atoms with Crippen LogP contribution in [0.4, 0.5) is 10.5 Å². The number of aromatic nitrogens is 1. The fourth-order valence-electron chi connectivity index (χ4n) is 5.93. The third kappa shape index (κ3) is 5.36. The fourth-order valence-corrected chi connectivity index (χ4v) is 5.93. The molecule has 2 fully saturated rings. The topological polar surface area (TPSA) is 96.2 Å². The molecule has 0 unspecified atom stereocenters. The summed E-state index contributed by atoms with van der Waals surface area (Å²) in [7, 11) is 2.11. The summed E-state index contributed by atoms with van der Waals surface area (Å²) in [4.78, 5) is 25.0. The quantitative estimate of drug-likeness (QED) is 0.641. The summed E-state index contributed by atoms with van der Waals surface area (Å²) >= 11 is 0. The lowest BCUT2D eigenvalue weighted by atomic mass is 9.97. The Hall–Kier alpha value is -3.35. The van der Waals surface area contributed by atoms with Crippen molar-refractivity contribution in [3.05, 3.63) is 52.7 Å². The molecule has 0 spiro atoms.